The Morgan fingerprint density at radius 2 is 2.45 bits per heavy atom. The summed E-state index contributed by atoms with van der Waals surface area (Å²) in [7, 11) is 0. The minimum Gasteiger partial charge on any atom is -0.395 e. The van der Waals surface area contributed by atoms with Gasteiger partial charge in [-0.15, -0.1) is 11.3 Å². The number of aliphatic hydroxyl groups excluding tert-OH is 1. The predicted molar refractivity (Wildman–Crippen MR) is 44.8 cm³/mol. The van der Waals surface area contributed by atoms with Crippen LogP contribution in [0.3, 0.4) is 0 Å². The van der Waals surface area contributed by atoms with E-state index in [0.29, 0.717) is 0 Å². The molecule has 60 valence electrons. The number of rotatable bonds is 2. The minimum atomic E-state index is 0.0684. The zero-order chi connectivity index (χ0) is 7.90. The van der Waals surface area contributed by atoms with Crippen molar-refractivity contribution < 1.29 is 5.11 Å². The molecule has 2 nitrogen and oxygen atoms in total. The molecule has 0 spiro atoms. The monoisotopic (exact) mass is 169 g/mol. The van der Waals surface area contributed by atoms with Gasteiger partial charge in [0.25, 0.3) is 0 Å². The van der Waals surface area contributed by atoms with Crippen LogP contribution in [0.25, 0.3) is 0 Å². The highest BCUT2D eigenvalue weighted by Gasteiger charge is 2.46. The van der Waals surface area contributed by atoms with E-state index in [1.807, 2.05) is 12.3 Å². The van der Waals surface area contributed by atoms with Crippen LogP contribution in [0.15, 0.2) is 5.38 Å². The molecule has 1 heterocycles. The molecule has 0 bridgehead atoms. The molecule has 0 radical (unpaired) electrons. The molecular formula is C8H11NOS. The van der Waals surface area contributed by atoms with Crippen molar-refractivity contribution in [2.75, 3.05) is 6.61 Å². The number of aromatic nitrogens is 1. The quantitative estimate of drug-likeness (QED) is 0.727. The van der Waals surface area contributed by atoms with Crippen molar-refractivity contribution >= 4 is 11.3 Å². The van der Waals surface area contributed by atoms with E-state index < -0.39 is 0 Å². The molecule has 1 N–H and O–H groups in total. The third-order valence-corrected chi connectivity index (χ3v) is 3.44. The molecule has 1 saturated carbocycles. The van der Waals surface area contributed by atoms with E-state index in [2.05, 4.69) is 4.98 Å². The van der Waals surface area contributed by atoms with Crippen LogP contribution in [0.4, 0.5) is 0 Å². The van der Waals surface area contributed by atoms with Crippen molar-refractivity contribution in [3.63, 3.8) is 0 Å². The standard InChI is InChI=1S/C8H11NOS/c1-6-4-11-7(9-6)8(5-10)2-3-8/h4,10H,2-3,5H2,1H3. The molecule has 1 fully saturated rings. The fourth-order valence-electron chi connectivity index (χ4n) is 1.19. The van der Waals surface area contributed by atoms with E-state index in [-0.39, 0.29) is 12.0 Å². The van der Waals surface area contributed by atoms with Crippen LogP contribution in [0, 0.1) is 6.92 Å². The molecule has 0 atom stereocenters. The lowest BCUT2D eigenvalue weighted by molar-refractivity contribution is 0.254. The van der Waals surface area contributed by atoms with Crippen molar-refractivity contribution in [1.29, 1.82) is 0 Å². The summed E-state index contributed by atoms with van der Waals surface area (Å²) in [6, 6.07) is 0. The van der Waals surface area contributed by atoms with E-state index in [9.17, 15) is 0 Å². The molecule has 0 amide bonds. The molecule has 1 aromatic rings. The van der Waals surface area contributed by atoms with Crippen LogP contribution in [0.5, 0.6) is 0 Å². The van der Waals surface area contributed by atoms with Crippen LogP contribution in [0.2, 0.25) is 0 Å². The van der Waals surface area contributed by atoms with Crippen molar-refractivity contribution in [2.24, 2.45) is 0 Å². The normalized spacial score (nSPS) is 20.2. The summed E-state index contributed by atoms with van der Waals surface area (Å²) in [5.41, 5.74) is 1.14. The van der Waals surface area contributed by atoms with Crippen molar-refractivity contribution in [2.45, 2.75) is 25.2 Å². The second kappa shape index (κ2) is 2.29. The second-order valence-corrected chi connectivity index (χ2v) is 4.09. The highest BCUT2D eigenvalue weighted by molar-refractivity contribution is 7.09. The molecule has 1 aliphatic carbocycles. The number of nitrogens with zero attached hydrogens (tertiary/aromatic N) is 1. The highest BCUT2D eigenvalue weighted by Crippen LogP contribution is 2.48. The molecule has 0 aromatic carbocycles. The molecule has 1 aliphatic rings. The molecule has 11 heavy (non-hydrogen) atoms. The molecule has 0 aliphatic heterocycles. The maximum atomic E-state index is 9.09. The smallest absolute Gasteiger partial charge is 0.101 e. The van der Waals surface area contributed by atoms with Crippen LogP contribution >= 0.6 is 11.3 Å². The van der Waals surface area contributed by atoms with Gasteiger partial charge in [0.1, 0.15) is 5.01 Å². The second-order valence-electron chi connectivity index (χ2n) is 3.23. The van der Waals surface area contributed by atoms with Crippen LogP contribution in [0.1, 0.15) is 23.5 Å². The first-order valence-corrected chi connectivity index (χ1v) is 4.68. The Labute approximate surface area is 69.9 Å². The number of thiazole rings is 1. The Morgan fingerprint density at radius 3 is 2.82 bits per heavy atom. The SMILES string of the molecule is Cc1csc(C2(CO)CC2)n1. The first-order valence-electron chi connectivity index (χ1n) is 3.80. The van der Waals surface area contributed by atoms with Gasteiger partial charge >= 0.3 is 0 Å². The fourth-order valence-corrected chi connectivity index (χ4v) is 2.24. The van der Waals surface area contributed by atoms with Crippen LogP contribution < -0.4 is 0 Å². The molecule has 3 heteroatoms. The van der Waals surface area contributed by atoms with E-state index >= 15 is 0 Å². The fraction of sp³-hybridized carbons (Fsp3) is 0.625. The molecular weight excluding hydrogens is 158 g/mol. The summed E-state index contributed by atoms with van der Waals surface area (Å²) in [5.74, 6) is 0. The van der Waals surface area contributed by atoms with Crippen molar-refractivity contribution in [3.05, 3.63) is 16.1 Å². The van der Waals surface area contributed by atoms with Crippen LogP contribution in [-0.4, -0.2) is 16.7 Å². The molecule has 2 rings (SSSR count). The first-order chi connectivity index (χ1) is 5.27. The van der Waals surface area contributed by atoms with E-state index in [1.165, 1.54) is 0 Å². The van der Waals surface area contributed by atoms with Gasteiger partial charge in [0.15, 0.2) is 0 Å². The minimum absolute atomic E-state index is 0.0684. The maximum absolute atomic E-state index is 9.09. The van der Waals surface area contributed by atoms with Gasteiger partial charge in [-0.25, -0.2) is 4.98 Å². The van der Waals surface area contributed by atoms with Gasteiger partial charge < -0.3 is 5.11 Å². The Bertz CT molecular complexity index is 265. The Morgan fingerprint density at radius 1 is 1.73 bits per heavy atom. The van der Waals surface area contributed by atoms with Gasteiger partial charge in [-0.1, -0.05) is 0 Å². The summed E-state index contributed by atoms with van der Waals surface area (Å²) >= 11 is 1.67. The zero-order valence-corrected chi connectivity index (χ0v) is 7.32. The summed E-state index contributed by atoms with van der Waals surface area (Å²) in [6.07, 6.45) is 2.22. The predicted octanol–water partition coefficient (Wildman–Crippen LogP) is 1.48. The number of hydrogen-bond donors (Lipinski definition) is 1. The largest absolute Gasteiger partial charge is 0.395 e. The van der Waals surface area contributed by atoms with Gasteiger partial charge in [0.2, 0.25) is 0 Å². The lowest BCUT2D eigenvalue weighted by Crippen LogP contribution is -2.11. The average molecular weight is 169 g/mol. The van der Waals surface area contributed by atoms with Gasteiger partial charge in [0, 0.05) is 16.5 Å². The Kier molecular flexibility index (Phi) is 1.51. The summed E-state index contributed by atoms with van der Waals surface area (Å²) < 4.78 is 0. The van der Waals surface area contributed by atoms with Crippen molar-refractivity contribution in [1.82, 2.24) is 4.98 Å². The van der Waals surface area contributed by atoms with Gasteiger partial charge in [0.05, 0.1) is 6.61 Å². The third kappa shape index (κ3) is 1.08. The summed E-state index contributed by atoms with van der Waals surface area (Å²) in [4.78, 5) is 4.37. The Hall–Kier alpha value is -0.410. The summed E-state index contributed by atoms with van der Waals surface area (Å²) in [6.45, 7) is 2.26. The van der Waals surface area contributed by atoms with Gasteiger partial charge in [-0.2, -0.15) is 0 Å². The molecule has 0 saturated heterocycles. The van der Waals surface area contributed by atoms with E-state index in [4.69, 9.17) is 5.11 Å². The zero-order valence-electron chi connectivity index (χ0n) is 6.50. The summed E-state index contributed by atoms with van der Waals surface area (Å²) in [5, 5.41) is 12.3. The maximum Gasteiger partial charge on any atom is 0.101 e. The highest BCUT2D eigenvalue weighted by atomic mass is 32.1. The third-order valence-electron chi connectivity index (χ3n) is 2.23. The van der Waals surface area contributed by atoms with E-state index in [0.717, 1.165) is 23.5 Å². The van der Waals surface area contributed by atoms with E-state index in [1.54, 1.807) is 11.3 Å². The molecule has 0 unspecified atom stereocenters. The average Bonchev–Trinajstić information content (AvgIpc) is 2.70. The van der Waals surface area contributed by atoms with Gasteiger partial charge in [-0.05, 0) is 19.8 Å². The number of hydrogen-bond acceptors (Lipinski definition) is 3. The Balaban J connectivity index is 2.29. The van der Waals surface area contributed by atoms with Crippen molar-refractivity contribution in [3.8, 4) is 0 Å². The van der Waals surface area contributed by atoms with Gasteiger partial charge in [-0.3, -0.25) is 0 Å². The number of aliphatic hydroxyl groups is 1. The lowest BCUT2D eigenvalue weighted by Gasteiger charge is -2.05. The number of aryl methyl sites for hydroxylation is 1. The lowest BCUT2D eigenvalue weighted by atomic mass is 10.1. The first kappa shape index (κ1) is 7.25. The topological polar surface area (TPSA) is 33.1 Å². The van der Waals surface area contributed by atoms with Crippen LogP contribution in [-0.2, 0) is 5.41 Å². The molecule has 1 aromatic heterocycles.